The maximum atomic E-state index is 11.3. The van der Waals surface area contributed by atoms with Gasteiger partial charge in [-0.15, -0.1) is 0 Å². The van der Waals surface area contributed by atoms with Crippen LogP contribution in [0, 0.1) is 5.92 Å². The molecule has 3 heteroatoms. The van der Waals surface area contributed by atoms with E-state index < -0.39 is 0 Å². The van der Waals surface area contributed by atoms with Crippen molar-refractivity contribution in [3.05, 3.63) is 0 Å². The minimum Gasteiger partial charge on any atom is -0.465 e. The molecule has 0 radical (unpaired) electrons. The van der Waals surface area contributed by atoms with Crippen LogP contribution in [0.15, 0.2) is 0 Å². The molecule has 1 unspecified atom stereocenters. The van der Waals surface area contributed by atoms with Crippen molar-refractivity contribution in [2.75, 3.05) is 6.61 Å². The molecule has 1 fully saturated rings. The van der Waals surface area contributed by atoms with Gasteiger partial charge in [-0.3, -0.25) is 4.79 Å². The molecule has 0 amide bonds. The molecule has 3 nitrogen and oxygen atoms in total. The van der Waals surface area contributed by atoms with E-state index in [1.807, 2.05) is 6.92 Å². The van der Waals surface area contributed by atoms with Crippen LogP contribution in [-0.2, 0) is 9.53 Å². The van der Waals surface area contributed by atoms with E-state index >= 15 is 0 Å². The lowest BCUT2D eigenvalue weighted by atomic mass is 10.0. The van der Waals surface area contributed by atoms with E-state index in [9.17, 15) is 4.79 Å². The molecule has 13 heavy (non-hydrogen) atoms. The van der Waals surface area contributed by atoms with Crippen molar-refractivity contribution in [2.24, 2.45) is 5.92 Å². The second-order valence-corrected chi connectivity index (χ2v) is 3.90. The summed E-state index contributed by atoms with van der Waals surface area (Å²) in [6, 6.07) is 0.418. The first kappa shape index (κ1) is 10.5. The molecule has 0 bridgehead atoms. The molecule has 0 aromatic carbocycles. The smallest absolute Gasteiger partial charge is 0.323 e. The highest BCUT2D eigenvalue weighted by Gasteiger charge is 2.31. The van der Waals surface area contributed by atoms with E-state index in [0.29, 0.717) is 18.6 Å². The highest BCUT2D eigenvalue weighted by atomic mass is 16.5. The molecule has 1 aliphatic rings. The fourth-order valence-electron chi connectivity index (χ4n) is 1.73. The summed E-state index contributed by atoms with van der Waals surface area (Å²) in [4.78, 5) is 11.3. The Kier molecular flexibility index (Phi) is 3.72. The van der Waals surface area contributed by atoms with Crippen LogP contribution in [0.5, 0.6) is 0 Å². The van der Waals surface area contributed by atoms with Crippen molar-refractivity contribution < 1.29 is 9.53 Å². The van der Waals surface area contributed by atoms with Gasteiger partial charge in [-0.2, -0.15) is 0 Å². The Labute approximate surface area is 79.8 Å². The normalized spacial score (nSPS) is 28.0. The summed E-state index contributed by atoms with van der Waals surface area (Å²) < 4.78 is 4.95. The number of hydrogen-bond acceptors (Lipinski definition) is 3. The number of rotatable bonds is 3. The Morgan fingerprint density at radius 1 is 1.54 bits per heavy atom. The average molecular weight is 185 g/mol. The van der Waals surface area contributed by atoms with Crippen LogP contribution in [0.2, 0.25) is 0 Å². The van der Waals surface area contributed by atoms with Crippen molar-refractivity contribution in [3.63, 3.8) is 0 Å². The third kappa shape index (κ3) is 2.69. The van der Waals surface area contributed by atoms with Crippen molar-refractivity contribution in [1.82, 2.24) is 5.32 Å². The van der Waals surface area contributed by atoms with Crippen LogP contribution in [0.3, 0.4) is 0 Å². The molecule has 0 aliphatic carbocycles. The topological polar surface area (TPSA) is 38.3 Å². The standard InChI is InChI=1S/C10H19NO2/c1-4-13-10(12)9-6-5-8(11-9)7(2)3/h7-9,11H,4-6H2,1-3H3/t8?,9-/m1/s1. The zero-order valence-corrected chi connectivity index (χ0v) is 8.67. The maximum absolute atomic E-state index is 11.3. The molecule has 1 N–H and O–H groups in total. The van der Waals surface area contributed by atoms with Gasteiger partial charge in [-0.1, -0.05) is 13.8 Å². The largest absolute Gasteiger partial charge is 0.465 e. The van der Waals surface area contributed by atoms with E-state index in [-0.39, 0.29) is 12.0 Å². The molecule has 0 aromatic heterocycles. The highest BCUT2D eigenvalue weighted by molar-refractivity contribution is 5.76. The van der Waals surface area contributed by atoms with Gasteiger partial charge in [0, 0.05) is 6.04 Å². The lowest BCUT2D eigenvalue weighted by Crippen LogP contribution is -2.38. The summed E-state index contributed by atoms with van der Waals surface area (Å²) in [7, 11) is 0. The Bertz CT molecular complexity index is 180. The van der Waals surface area contributed by atoms with Crippen molar-refractivity contribution >= 4 is 5.97 Å². The van der Waals surface area contributed by atoms with Crippen LogP contribution in [0.4, 0.5) is 0 Å². The van der Waals surface area contributed by atoms with E-state index in [1.54, 1.807) is 0 Å². The number of carbonyl (C=O) groups excluding carboxylic acids is 1. The second-order valence-electron chi connectivity index (χ2n) is 3.90. The van der Waals surface area contributed by atoms with E-state index in [2.05, 4.69) is 19.2 Å². The SMILES string of the molecule is CCOC(=O)[C@H]1CCC(C(C)C)N1. The monoisotopic (exact) mass is 185 g/mol. The number of hydrogen-bond donors (Lipinski definition) is 1. The van der Waals surface area contributed by atoms with Gasteiger partial charge >= 0.3 is 5.97 Å². The Hall–Kier alpha value is -0.570. The lowest BCUT2D eigenvalue weighted by molar-refractivity contribution is -0.145. The zero-order chi connectivity index (χ0) is 9.84. The van der Waals surface area contributed by atoms with Gasteiger partial charge in [0.1, 0.15) is 6.04 Å². The van der Waals surface area contributed by atoms with Crippen molar-refractivity contribution in [2.45, 2.75) is 45.7 Å². The number of carbonyl (C=O) groups is 1. The molecule has 1 rings (SSSR count). The molecule has 2 atom stereocenters. The Morgan fingerprint density at radius 3 is 2.69 bits per heavy atom. The van der Waals surface area contributed by atoms with Gasteiger partial charge in [-0.25, -0.2) is 0 Å². The summed E-state index contributed by atoms with van der Waals surface area (Å²) in [5.41, 5.74) is 0. The van der Waals surface area contributed by atoms with E-state index in [0.717, 1.165) is 12.8 Å². The third-order valence-electron chi connectivity index (χ3n) is 2.56. The molecule has 1 saturated heterocycles. The molecule has 1 aliphatic heterocycles. The van der Waals surface area contributed by atoms with Gasteiger partial charge < -0.3 is 10.1 Å². The van der Waals surface area contributed by atoms with Crippen molar-refractivity contribution in [3.8, 4) is 0 Å². The quantitative estimate of drug-likeness (QED) is 0.674. The predicted octanol–water partition coefficient (Wildman–Crippen LogP) is 1.33. The minimum atomic E-state index is -0.0920. The minimum absolute atomic E-state index is 0.0626. The zero-order valence-electron chi connectivity index (χ0n) is 8.67. The van der Waals surface area contributed by atoms with Crippen LogP contribution < -0.4 is 5.32 Å². The molecule has 76 valence electrons. The maximum Gasteiger partial charge on any atom is 0.323 e. The number of esters is 1. The summed E-state index contributed by atoms with van der Waals surface area (Å²) >= 11 is 0. The third-order valence-corrected chi connectivity index (χ3v) is 2.56. The van der Waals surface area contributed by atoms with E-state index in [4.69, 9.17) is 4.74 Å². The van der Waals surface area contributed by atoms with Gasteiger partial charge in [0.15, 0.2) is 0 Å². The first-order valence-electron chi connectivity index (χ1n) is 5.07. The summed E-state index contributed by atoms with van der Waals surface area (Å²) in [6.07, 6.45) is 2.00. The lowest BCUT2D eigenvalue weighted by Gasteiger charge is -2.16. The number of ether oxygens (including phenoxy) is 1. The summed E-state index contributed by atoms with van der Waals surface area (Å²) in [6.45, 7) is 6.66. The fourth-order valence-corrected chi connectivity index (χ4v) is 1.73. The summed E-state index contributed by atoms with van der Waals surface area (Å²) in [5.74, 6) is 0.505. The fraction of sp³-hybridized carbons (Fsp3) is 0.900. The Morgan fingerprint density at radius 2 is 2.23 bits per heavy atom. The van der Waals surface area contributed by atoms with Crippen LogP contribution >= 0.6 is 0 Å². The summed E-state index contributed by atoms with van der Waals surface area (Å²) in [5, 5.41) is 3.30. The first-order valence-corrected chi connectivity index (χ1v) is 5.07. The van der Waals surface area contributed by atoms with Gasteiger partial charge in [-0.05, 0) is 25.7 Å². The second kappa shape index (κ2) is 4.61. The van der Waals surface area contributed by atoms with Gasteiger partial charge in [0.2, 0.25) is 0 Å². The van der Waals surface area contributed by atoms with Gasteiger partial charge in [0.25, 0.3) is 0 Å². The number of nitrogens with one attached hydrogen (secondary N) is 1. The van der Waals surface area contributed by atoms with Crippen LogP contribution in [0.1, 0.15) is 33.6 Å². The molecule has 0 saturated carbocycles. The predicted molar refractivity (Wildman–Crippen MR) is 51.4 cm³/mol. The van der Waals surface area contributed by atoms with E-state index in [1.165, 1.54) is 0 Å². The molecular formula is C10H19NO2. The molecular weight excluding hydrogens is 166 g/mol. The average Bonchev–Trinajstić information content (AvgIpc) is 2.52. The highest BCUT2D eigenvalue weighted by Crippen LogP contribution is 2.19. The first-order chi connectivity index (χ1) is 6.15. The van der Waals surface area contributed by atoms with Crippen LogP contribution in [0.25, 0.3) is 0 Å². The van der Waals surface area contributed by atoms with Crippen LogP contribution in [-0.4, -0.2) is 24.7 Å². The molecule has 1 heterocycles. The molecule has 0 spiro atoms. The van der Waals surface area contributed by atoms with Crippen molar-refractivity contribution in [1.29, 1.82) is 0 Å². The molecule has 0 aromatic rings. The Balaban J connectivity index is 2.36. The van der Waals surface area contributed by atoms with Gasteiger partial charge in [0.05, 0.1) is 6.61 Å².